The van der Waals surface area contributed by atoms with Crippen LogP contribution >= 0.6 is 0 Å². The van der Waals surface area contributed by atoms with Gasteiger partial charge >= 0.3 is 11.7 Å². The monoisotopic (exact) mass is 228 g/mol. The van der Waals surface area contributed by atoms with Crippen molar-refractivity contribution in [3.8, 4) is 0 Å². The van der Waals surface area contributed by atoms with Crippen LogP contribution in [0.25, 0.3) is 0 Å². The third-order valence-corrected chi connectivity index (χ3v) is 1.83. The SMILES string of the molecule is CCOC(C(=O)OC)n1ccc(=O)[nH]c1=O. The molecule has 0 radical (unpaired) electrons. The molecule has 0 aromatic carbocycles. The van der Waals surface area contributed by atoms with E-state index in [4.69, 9.17) is 4.74 Å². The first-order valence-electron chi connectivity index (χ1n) is 4.61. The summed E-state index contributed by atoms with van der Waals surface area (Å²) in [7, 11) is 1.19. The summed E-state index contributed by atoms with van der Waals surface area (Å²) in [6, 6.07) is 1.12. The Morgan fingerprint density at radius 2 is 2.25 bits per heavy atom. The number of hydrogen-bond acceptors (Lipinski definition) is 5. The Bertz CT molecular complexity index is 475. The largest absolute Gasteiger partial charge is 0.466 e. The van der Waals surface area contributed by atoms with Crippen LogP contribution in [0.5, 0.6) is 0 Å². The standard InChI is InChI=1S/C9H12N2O5/c1-3-16-7(8(13)15-2)11-5-4-6(12)10-9(11)14/h4-5,7H,3H2,1-2H3,(H,10,12,14). The summed E-state index contributed by atoms with van der Waals surface area (Å²) < 4.78 is 10.5. The number of H-pyrrole nitrogens is 1. The van der Waals surface area contributed by atoms with E-state index in [2.05, 4.69) is 4.74 Å². The summed E-state index contributed by atoms with van der Waals surface area (Å²) in [6.07, 6.45) is -0.00218. The van der Waals surface area contributed by atoms with Crippen LogP contribution in [0.4, 0.5) is 0 Å². The summed E-state index contributed by atoms with van der Waals surface area (Å²) in [6.45, 7) is 1.90. The number of aromatic nitrogens is 2. The number of carbonyl (C=O) groups is 1. The number of rotatable bonds is 4. The molecule has 7 nitrogen and oxygen atoms in total. The molecule has 88 valence electrons. The van der Waals surface area contributed by atoms with Crippen LogP contribution in [-0.4, -0.2) is 29.2 Å². The summed E-state index contributed by atoms with van der Waals surface area (Å²) in [4.78, 5) is 35.6. The minimum atomic E-state index is -1.18. The molecule has 1 N–H and O–H groups in total. The van der Waals surface area contributed by atoms with E-state index in [0.717, 1.165) is 10.6 Å². The van der Waals surface area contributed by atoms with Gasteiger partial charge in [-0.3, -0.25) is 14.3 Å². The van der Waals surface area contributed by atoms with E-state index in [1.54, 1.807) is 6.92 Å². The molecule has 1 unspecified atom stereocenters. The average Bonchev–Trinajstić information content (AvgIpc) is 2.26. The van der Waals surface area contributed by atoms with Crippen molar-refractivity contribution in [2.24, 2.45) is 0 Å². The van der Waals surface area contributed by atoms with Gasteiger partial charge in [-0.25, -0.2) is 9.59 Å². The van der Waals surface area contributed by atoms with Crippen LogP contribution in [0.3, 0.4) is 0 Å². The highest BCUT2D eigenvalue weighted by atomic mass is 16.6. The Labute approximate surface area is 90.6 Å². The van der Waals surface area contributed by atoms with Crippen molar-refractivity contribution < 1.29 is 14.3 Å². The van der Waals surface area contributed by atoms with Gasteiger partial charge in [0.25, 0.3) is 5.56 Å². The highest BCUT2D eigenvalue weighted by Gasteiger charge is 2.22. The molecule has 1 rings (SSSR count). The van der Waals surface area contributed by atoms with Crippen LogP contribution in [0, 0.1) is 0 Å². The van der Waals surface area contributed by atoms with Crippen molar-refractivity contribution >= 4 is 5.97 Å². The van der Waals surface area contributed by atoms with E-state index in [1.807, 2.05) is 4.98 Å². The molecule has 1 aromatic heterocycles. The van der Waals surface area contributed by atoms with Gasteiger partial charge in [-0.05, 0) is 6.92 Å². The first-order chi connectivity index (χ1) is 7.60. The lowest BCUT2D eigenvalue weighted by Crippen LogP contribution is -2.36. The maximum atomic E-state index is 11.4. The second-order valence-corrected chi connectivity index (χ2v) is 2.85. The number of nitrogens with zero attached hydrogens (tertiary/aromatic N) is 1. The van der Waals surface area contributed by atoms with Gasteiger partial charge in [0.2, 0.25) is 6.23 Å². The molecule has 0 saturated carbocycles. The van der Waals surface area contributed by atoms with Gasteiger partial charge in [0.1, 0.15) is 0 Å². The van der Waals surface area contributed by atoms with Gasteiger partial charge in [-0.1, -0.05) is 0 Å². The molecular weight excluding hydrogens is 216 g/mol. The van der Waals surface area contributed by atoms with E-state index in [9.17, 15) is 14.4 Å². The third kappa shape index (κ3) is 2.57. The molecule has 16 heavy (non-hydrogen) atoms. The first-order valence-corrected chi connectivity index (χ1v) is 4.61. The minimum absolute atomic E-state index is 0.228. The maximum absolute atomic E-state index is 11.4. The van der Waals surface area contributed by atoms with E-state index in [-0.39, 0.29) is 6.61 Å². The fourth-order valence-electron chi connectivity index (χ4n) is 1.13. The van der Waals surface area contributed by atoms with Crippen LogP contribution in [-0.2, 0) is 14.3 Å². The molecule has 0 fully saturated rings. The molecule has 0 spiro atoms. The molecule has 0 amide bonds. The van der Waals surface area contributed by atoms with Crippen molar-refractivity contribution in [1.29, 1.82) is 0 Å². The lowest BCUT2D eigenvalue weighted by molar-refractivity contribution is -0.161. The van der Waals surface area contributed by atoms with E-state index in [0.29, 0.717) is 0 Å². The van der Waals surface area contributed by atoms with Crippen molar-refractivity contribution in [2.45, 2.75) is 13.2 Å². The number of nitrogens with one attached hydrogen (secondary N) is 1. The maximum Gasteiger partial charge on any atom is 0.356 e. The van der Waals surface area contributed by atoms with E-state index in [1.165, 1.54) is 13.3 Å². The average molecular weight is 228 g/mol. The van der Waals surface area contributed by atoms with Crippen molar-refractivity contribution in [1.82, 2.24) is 9.55 Å². The number of ether oxygens (including phenoxy) is 2. The molecule has 1 heterocycles. The van der Waals surface area contributed by atoms with Gasteiger partial charge < -0.3 is 9.47 Å². The Morgan fingerprint density at radius 3 is 2.75 bits per heavy atom. The summed E-state index contributed by atoms with van der Waals surface area (Å²) in [5.41, 5.74) is -1.27. The van der Waals surface area contributed by atoms with Gasteiger partial charge in [0, 0.05) is 18.9 Å². The number of esters is 1. The molecule has 1 atom stereocenters. The Balaban J connectivity index is 3.15. The van der Waals surface area contributed by atoms with Crippen LogP contribution in [0.15, 0.2) is 21.9 Å². The predicted octanol–water partition coefficient (Wildman–Crippen LogP) is -0.755. The van der Waals surface area contributed by atoms with E-state index >= 15 is 0 Å². The number of carbonyl (C=O) groups excluding carboxylic acids is 1. The zero-order chi connectivity index (χ0) is 12.1. The molecule has 0 saturated heterocycles. The fraction of sp³-hybridized carbons (Fsp3) is 0.444. The second kappa shape index (κ2) is 5.26. The molecular formula is C9H12N2O5. The van der Waals surface area contributed by atoms with Gasteiger partial charge in [0.15, 0.2) is 0 Å². The minimum Gasteiger partial charge on any atom is -0.466 e. The van der Waals surface area contributed by atoms with Crippen LogP contribution in [0.1, 0.15) is 13.2 Å². The van der Waals surface area contributed by atoms with E-state index < -0.39 is 23.4 Å². The zero-order valence-corrected chi connectivity index (χ0v) is 8.93. The lowest BCUT2D eigenvalue weighted by atomic mass is 10.5. The quantitative estimate of drug-likeness (QED) is 0.684. The Morgan fingerprint density at radius 1 is 1.56 bits per heavy atom. The van der Waals surface area contributed by atoms with Crippen LogP contribution < -0.4 is 11.2 Å². The molecule has 0 aliphatic heterocycles. The molecule has 1 aromatic rings. The smallest absolute Gasteiger partial charge is 0.356 e. The summed E-state index contributed by atoms with van der Waals surface area (Å²) >= 11 is 0. The molecule has 0 bridgehead atoms. The number of aromatic amines is 1. The highest BCUT2D eigenvalue weighted by Crippen LogP contribution is 2.06. The van der Waals surface area contributed by atoms with Crippen molar-refractivity contribution in [3.05, 3.63) is 33.1 Å². The fourth-order valence-corrected chi connectivity index (χ4v) is 1.13. The van der Waals surface area contributed by atoms with Crippen molar-refractivity contribution in [2.75, 3.05) is 13.7 Å². The van der Waals surface area contributed by atoms with Gasteiger partial charge in [-0.15, -0.1) is 0 Å². The number of methoxy groups -OCH3 is 1. The Hall–Kier alpha value is -1.89. The van der Waals surface area contributed by atoms with Crippen LogP contribution in [0.2, 0.25) is 0 Å². The highest BCUT2D eigenvalue weighted by molar-refractivity contribution is 5.72. The normalized spacial score (nSPS) is 12.1. The Kier molecular flexibility index (Phi) is 4.01. The first kappa shape index (κ1) is 12.2. The van der Waals surface area contributed by atoms with Crippen molar-refractivity contribution in [3.63, 3.8) is 0 Å². The molecule has 0 aliphatic rings. The summed E-state index contributed by atoms with van der Waals surface area (Å²) in [5.74, 6) is -0.712. The molecule has 7 heteroatoms. The third-order valence-electron chi connectivity index (χ3n) is 1.83. The van der Waals surface area contributed by atoms with Gasteiger partial charge in [-0.2, -0.15) is 0 Å². The topological polar surface area (TPSA) is 90.4 Å². The molecule has 0 aliphatic carbocycles. The predicted molar refractivity (Wildman–Crippen MR) is 54.0 cm³/mol. The second-order valence-electron chi connectivity index (χ2n) is 2.85. The van der Waals surface area contributed by atoms with Gasteiger partial charge in [0.05, 0.1) is 7.11 Å². The zero-order valence-electron chi connectivity index (χ0n) is 8.93. The number of hydrogen-bond donors (Lipinski definition) is 1. The lowest BCUT2D eigenvalue weighted by Gasteiger charge is -2.16. The summed E-state index contributed by atoms with van der Waals surface area (Å²) in [5, 5.41) is 0.